The number of nitro benzene ring substituents is 1. The van der Waals surface area contributed by atoms with E-state index in [1.54, 1.807) is 6.92 Å². The first-order valence-corrected chi connectivity index (χ1v) is 8.00. The van der Waals surface area contributed by atoms with Crippen LogP contribution in [0.1, 0.15) is 27.6 Å². The molecule has 0 bridgehead atoms. The zero-order valence-corrected chi connectivity index (χ0v) is 15.3. The number of nitro groups is 1. The Kier molecular flexibility index (Phi) is 6.48. The molecule has 9 nitrogen and oxygen atoms in total. The van der Waals surface area contributed by atoms with Crippen molar-refractivity contribution in [3.8, 4) is 11.5 Å². The van der Waals surface area contributed by atoms with Gasteiger partial charge in [0.2, 0.25) is 0 Å². The van der Waals surface area contributed by atoms with Crippen LogP contribution in [0.25, 0.3) is 0 Å². The van der Waals surface area contributed by atoms with E-state index in [2.05, 4.69) is 10.1 Å². The number of rotatable bonds is 7. The molecule has 2 aromatic carbocycles. The molecule has 0 aromatic heterocycles. The molecule has 10 heteroatoms. The smallest absolute Gasteiger partial charge is 0.337 e. The summed E-state index contributed by atoms with van der Waals surface area (Å²) in [6.07, 6.45) is 0. The Hall–Kier alpha value is -3.69. The summed E-state index contributed by atoms with van der Waals surface area (Å²) in [6.45, 7) is 1.92. The Balaban J connectivity index is 2.47. The van der Waals surface area contributed by atoms with Gasteiger partial charge in [-0.25, -0.2) is 9.18 Å². The van der Waals surface area contributed by atoms with Crippen molar-refractivity contribution in [1.29, 1.82) is 0 Å². The Morgan fingerprint density at radius 2 is 1.89 bits per heavy atom. The lowest BCUT2D eigenvalue weighted by atomic mass is 10.1. The molecule has 0 aliphatic rings. The molecule has 0 spiro atoms. The maximum Gasteiger partial charge on any atom is 0.337 e. The number of ether oxygens (including phenoxy) is 3. The monoisotopic (exact) mass is 392 g/mol. The SMILES string of the molecule is CCOc1cc(C(=O)Nc2cc(C(=O)OC)ccc2F)c([N+](=O)[O-])cc1OC. The molecule has 2 aromatic rings. The highest BCUT2D eigenvalue weighted by molar-refractivity contribution is 6.08. The van der Waals surface area contributed by atoms with Gasteiger partial charge >= 0.3 is 5.97 Å². The Morgan fingerprint density at radius 3 is 2.46 bits per heavy atom. The molecule has 0 aliphatic carbocycles. The second kappa shape index (κ2) is 8.80. The fraction of sp³-hybridized carbons (Fsp3) is 0.222. The van der Waals surface area contributed by atoms with Crippen molar-refractivity contribution in [1.82, 2.24) is 0 Å². The van der Waals surface area contributed by atoms with E-state index in [9.17, 15) is 24.1 Å². The number of hydrogen-bond acceptors (Lipinski definition) is 7. The summed E-state index contributed by atoms with van der Waals surface area (Å²) in [4.78, 5) is 34.8. The number of amides is 1. The number of benzene rings is 2. The lowest BCUT2D eigenvalue weighted by Crippen LogP contribution is -2.16. The van der Waals surface area contributed by atoms with Gasteiger partial charge in [-0.15, -0.1) is 0 Å². The zero-order valence-electron chi connectivity index (χ0n) is 15.3. The first kappa shape index (κ1) is 20.6. The van der Waals surface area contributed by atoms with Crippen LogP contribution in [-0.4, -0.2) is 37.6 Å². The molecule has 0 heterocycles. The molecular formula is C18H17FN2O7. The third-order valence-electron chi connectivity index (χ3n) is 3.66. The summed E-state index contributed by atoms with van der Waals surface area (Å²) in [7, 11) is 2.45. The first-order valence-electron chi connectivity index (χ1n) is 8.00. The summed E-state index contributed by atoms with van der Waals surface area (Å²) in [5, 5.41) is 13.6. The number of carbonyl (C=O) groups is 2. The van der Waals surface area contributed by atoms with E-state index >= 15 is 0 Å². The minimum Gasteiger partial charge on any atom is -0.493 e. The van der Waals surface area contributed by atoms with Crippen molar-refractivity contribution in [2.45, 2.75) is 6.92 Å². The van der Waals surface area contributed by atoms with Gasteiger partial charge < -0.3 is 19.5 Å². The molecule has 0 saturated heterocycles. The second-order valence-corrected chi connectivity index (χ2v) is 5.35. The third kappa shape index (κ3) is 4.34. The van der Waals surface area contributed by atoms with Crippen LogP contribution in [0.4, 0.5) is 15.8 Å². The van der Waals surface area contributed by atoms with Crippen molar-refractivity contribution in [2.75, 3.05) is 26.1 Å². The summed E-state index contributed by atoms with van der Waals surface area (Å²) in [5.41, 5.74) is -1.26. The van der Waals surface area contributed by atoms with Crippen molar-refractivity contribution >= 4 is 23.3 Å². The number of nitrogens with one attached hydrogen (secondary N) is 1. The summed E-state index contributed by atoms with van der Waals surface area (Å²) in [6, 6.07) is 5.40. The Labute approximate surface area is 159 Å². The van der Waals surface area contributed by atoms with Crippen molar-refractivity contribution < 1.29 is 33.1 Å². The van der Waals surface area contributed by atoms with E-state index in [-0.39, 0.29) is 34.9 Å². The van der Waals surface area contributed by atoms with Crippen LogP contribution in [0.3, 0.4) is 0 Å². The Bertz CT molecular complexity index is 930. The highest BCUT2D eigenvalue weighted by atomic mass is 19.1. The minimum atomic E-state index is -0.962. The molecule has 0 unspecified atom stereocenters. The van der Waals surface area contributed by atoms with Crippen molar-refractivity contribution in [2.24, 2.45) is 0 Å². The topological polar surface area (TPSA) is 117 Å². The fourth-order valence-electron chi connectivity index (χ4n) is 2.37. The van der Waals surface area contributed by atoms with E-state index in [0.717, 1.165) is 31.4 Å². The number of esters is 1. The van der Waals surface area contributed by atoms with Gasteiger partial charge in [-0.2, -0.15) is 0 Å². The van der Waals surface area contributed by atoms with Crippen LogP contribution in [0.2, 0.25) is 0 Å². The average Bonchev–Trinajstić information content (AvgIpc) is 2.68. The van der Waals surface area contributed by atoms with Gasteiger partial charge in [-0.05, 0) is 25.1 Å². The molecule has 1 amide bonds. The molecule has 0 radical (unpaired) electrons. The summed E-state index contributed by atoms with van der Waals surface area (Å²) >= 11 is 0. The molecule has 0 saturated carbocycles. The van der Waals surface area contributed by atoms with Crippen LogP contribution in [0, 0.1) is 15.9 Å². The number of methoxy groups -OCH3 is 2. The quantitative estimate of drug-likeness (QED) is 0.437. The lowest BCUT2D eigenvalue weighted by Gasteiger charge is -2.12. The lowest BCUT2D eigenvalue weighted by molar-refractivity contribution is -0.385. The molecule has 2 rings (SSSR count). The van der Waals surface area contributed by atoms with Crippen LogP contribution >= 0.6 is 0 Å². The molecule has 0 fully saturated rings. The van der Waals surface area contributed by atoms with Gasteiger partial charge in [-0.3, -0.25) is 14.9 Å². The average molecular weight is 392 g/mol. The second-order valence-electron chi connectivity index (χ2n) is 5.35. The van der Waals surface area contributed by atoms with E-state index in [4.69, 9.17) is 9.47 Å². The van der Waals surface area contributed by atoms with E-state index in [1.165, 1.54) is 13.2 Å². The van der Waals surface area contributed by atoms with Gasteiger partial charge in [0.25, 0.3) is 11.6 Å². The highest BCUT2D eigenvalue weighted by Crippen LogP contribution is 2.35. The van der Waals surface area contributed by atoms with E-state index in [1.807, 2.05) is 0 Å². The van der Waals surface area contributed by atoms with Crippen LogP contribution in [0.15, 0.2) is 30.3 Å². The first-order chi connectivity index (χ1) is 13.3. The largest absolute Gasteiger partial charge is 0.493 e. The third-order valence-corrected chi connectivity index (χ3v) is 3.66. The molecule has 28 heavy (non-hydrogen) atoms. The molecule has 0 atom stereocenters. The fourth-order valence-corrected chi connectivity index (χ4v) is 2.37. The highest BCUT2D eigenvalue weighted by Gasteiger charge is 2.25. The molecular weight excluding hydrogens is 375 g/mol. The normalized spacial score (nSPS) is 10.1. The van der Waals surface area contributed by atoms with Crippen molar-refractivity contribution in [3.05, 3.63) is 57.4 Å². The van der Waals surface area contributed by atoms with Gasteiger partial charge in [-0.1, -0.05) is 0 Å². The maximum atomic E-state index is 14.0. The number of hydrogen-bond donors (Lipinski definition) is 1. The van der Waals surface area contributed by atoms with Gasteiger partial charge in [0.15, 0.2) is 11.5 Å². The molecule has 148 valence electrons. The predicted molar refractivity (Wildman–Crippen MR) is 96.5 cm³/mol. The van der Waals surface area contributed by atoms with Crippen LogP contribution in [0.5, 0.6) is 11.5 Å². The van der Waals surface area contributed by atoms with Gasteiger partial charge in [0.1, 0.15) is 11.4 Å². The minimum absolute atomic E-state index is 0.00145. The number of anilines is 1. The Morgan fingerprint density at radius 1 is 1.18 bits per heavy atom. The molecule has 0 aliphatic heterocycles. The standard InChI is InChI=1S/C18H17FN2O7/c1-4-28-16-8-11(14(21(24)25)9-15(16)26-2)17(22)20-13-7-10(18(23)27-3)5-6-12(13)19/h5-9H,4H2,1-3H3,(H,20,22). The molecule has 1 N–H and O–H groups in total. The summed E-state index contributed by atoms with van der Waals surface area (Å²) < 4.78 is 29.0. The van der Waals surface area contributed by atoms with E-state index in [0.29, 0.717) is 0 Å². The van der Waals surface area contributed by atoms with Gasteiger partial charge in [0, 0.05) is 6.07 Å². The predicted octanol–water partition coefficient (Wildman–Crippen LogP) is 3.18. The van der Waals surface area contributed by atoms with Gasteiger partial charge in [0.05, 0.1) is 43.1 Å². The number of carbonyl (C=O) groups excluding carboxylic acids is 2. The van der Waals surface area contributed by atoms with Crippen LogP contribution < -0.4 is 14.8 Å². The van der Waals surface area contributed by atoms with Crippen LogP contribution in [-0.2, 0) is 4.74 Å². The zero-order chi connectivity index (χ0) is 20.8. The summed E-state index contributed by atoms with van der Waals surface area (Å²) in [5.74, 6) is -2.34. The van der Waals surface area contributed by atoms with Crippen molar-refractivity contribution in [3.63, 3.8) is 0 Å². The van der Waals surface area contributed by atoms with E-state index < -0.39 is 28.3 Å². The number of nitrogens with zero attached hydrogens (tertiary/aromatic N) is 1. The maximum absolute atomic E-state index is 14.0. The number of halogens is 1.